The third-order valence-electron chi connectivity index (χ3n) is 2.97. The van der Waals surface area contributed by atoms with Crippen LogP contribution in [0.15, 0.2) is 41.8 Å². The fourth-order valence-corrected chi connectivity index (χ4v) is 1.85. The average Bonchev–Trinajstić information content (AvgIpc) is 2.94. The predicted molar refractivity (Wildman–Crippen MR) is 77.3 cm³/mol. The summed E-state index contributed by atoms with van der Waals surface area (Å²) in [6.07, 6.45) is 4.44. The molecule has 1 aromatic heterocycles. The second kappa shape index (κ2) is 6.75. The van der Waals surface area contributed by atoms with Crippen molar-refractivity contribution in [3.63, 3.8) is 0 Å². The molecule has 0 aliphatic heterocycles. The molecule has 0 fully saturated rings. The first-order valence-corrected chi connectivity index (χ1v) is 6.62. The van der Waals surface area contributed by atoms with Gasteiger partial charge in [-0.15, -0.1) is 0 Å². The van der Waals surface area contributed by atoms with Crippen molar-refractivity contribution in [2.24, 2.45) is 5.16 Å². The molecule has 1 heterocycles. The zero-order chi connectivity index (χ0) is 14.4. The molecule has 0 atom stereocenters. The Balaban J connectivity index is 1.90. The number of benzene rings is 1. The largest absolute Gasteiger partial charge is 0.489 e. The molecule has 5 nitrogen and oxygen atoms in total. The van der Waals surface area contributed by atoms with Crippen LogP contribution in [0.1, 0.15) is 25.0 Å². The van der Waals surface area contributed by atoms with Gasteiger partial charge in [0.15, 0.2) is 0 Å². The van der Waals surface area contributed by atoms with Gasteiger partial charge >= 0.3 is 0 Å². The van der Waals surface area contributed by atoms with Gasteiger partial charge in [-0.3, -0.25) is 4.68 Å². The maximum Gasteiger partial charge on any atom is 0.119 e. The molecule has 20 heavy (non-hydrogen) atoms. The first kappa shape index (κ1) is 14.1. The number of rotatable bonds is 6. The van der Waals surface area contributed by atoms with E-state index in [0.29, 0.717) is 18.7 Å². The molecule has 0 saturated heterocycles. The highest BCUT2D eigenvalue weighted by Gasteiger charge is 2.01. The maximum atomic E-state index is 8.64. The summed E-state index contributed by atoms with van der Waals surface area (Å²) < 4.78 is 7.58. The SMILES string of the molecule is CCn1cc(COc2ccc(C/C(C)=N/O)cc2)cn1. The lowest BCUT2D eigenvalue weighted by molar-refractivity contribution is 0.306. The van der Waals surface area contributed by atoms with Crippen molar-refractivity contribution in [1.29, 1.82) is 0 Å². The zero-order valence-corrected chi connectivity index (χ0v) is 11.8. The van der Waals surface area contributed by atoms with Crippen LogP contribution in [0.4, 0.5) is 0 Å². The molecule has 0 amide bonds. The molecular formula is C15H19N3O2. The van der Waals surface area contributed by atoms with Crippen molar-refractivity contribution in [2.75, 3.05) is 0 Å². The van der Waals surface area contributed by atoms with Gasteiger partial charge in [0.2, 0.25) is 0 Å². The third-order valence-corrected chi connectivity index (χ3v) is 2.97. The molecule has 0 bridgehead atoms. The van der Waals surface area contributed by atoms with Crippen LogP contribution in [0.2, 0.25) is 0 Å². The van der Waals surface area contributed by atoms with E-state index < -0.39 is 0 Å². The van der Waals surface area contributed by atoms with Gasteiger partial charge < -0.3 is 9.94 Å². The van der Waals surface area contributed by atoms with Gasteiger partial charge in [0.05, 0.1) is 11.9 Å². The minimum Gasteiger partial charge on any atom is -0.489 e. The maximum absolute atomic E-state index is 8.64. The highest BCUT2D eigenvalue weighted by Crippen LogP contribution is 2.14. The van der Waals surface area contributed by atoms with Gasteiger partial charge in [-0.05, 0) is 31.5 Å². The van der Waals surface area contributed by atoms with Gasteiger partial charge in [0.25, 0.3) is 0 Å². The van der Waals surface area contributed by atoms with Crippen LogP contribution in [0.3, 0.4) is 0 Å². The van der Waals surface area contributed by atoms with Gasteiger partial charge in [0, 0.05) is 24.7 Å². The van der Waals surface area contributed by atoms with Gasteiger partial charge in [-0.25, -0.2) is 0 Å². The predicted octanol–water partition coefficient (Wildman–Crippen LogP) is 2.87. The highest BCUT2D eigenvalue weighted by atomic mass is 16.5. The number of hydrogen-bond acceptors (Lipinski definition) is 4. The van der Waals surface area contributed by atoms with Crippen molar-refractivity contribution in [3.05, 3.63) is 47.8 Å². The van der Waals surface area contributed by atoms with E-state index in [2.05, 4.69) is 10.3 Å². The van der Waals surface area contributed by atoms with Crippen molar-refractivity contribution in [1.82, 2.24) is 9.78 Å². The Morgan fingerprint density at radius 3 is 2.65 bits per heavy atom. The van der Waals surface area contributed by atoms with Crippen LogP contribution >= 0.6 is 0 Å². The van der Waals surface area contributed by atoms with Crippen LogP contribution in [0.5, 0.6) is 5.75 Å². The highest BCUT2D eigenvalue weighted by molar-refractivity contribution is 5.83. The normalized spacial score (nSPS) is 11.6. The minimum atomic E-state index is 0.510. The van der Waals surface area contributed by atoms with Gasteiger partial charge in [-0.1, -0.05) is 17.3 Å². The first-order valence-electron chi connectivity index (χ1n) is 6.62. The van der Waals surface area contributed by atoms with Crippen LogP contribution in [0.25, 0.3) is 0 Å². The number of ether oxygens (including phenoxy) is 1. The Morgan fingerprint density at radius 1 is 1.30 bits per heavy atom. The summed E-state index contributed by atoms with van der Waals surface area (Å²) >= 11 is 0. The van der Waals surface area contributed by atoms with Crippen LogP contribution in [-0.4, -0.2) is 20.7 Å². The van der Waals surface area contributed by atoms with Crippen molar-refractivity contribution >= 4 is 5.71 Å². The summed E-state index contributed by atoms with van der Waals surface area (Å²) in [6, 6.07) is 7.79. The summed E-state index contributed by atoms with van der Waals surface area (Å²) in [5, 5.41) is 16.0. The number of oxime groups is 1. The Hall–Kier alpha value is -2.30. The number of aryl methyl sites for hydroxylation is 1. The molecule has 0 unspecified atom stereocenters. The molecule has 0 spiro atoms. The Morgan fingerprint density at radius 2 is 2.05 bits per heavy atom. The van der Waals surface area contributed by atoms with E-state index >= 15 is 0 Å². The molecule has 0 saturated carbocycles. The Kier molecular flexibility index (Phi) is 4.76. The number of aromatic nitrogens is 2. The smallest absolute Gasteiger partial charge is 0.119 e. The minimum absolute atomic E-state index is 0.510. The van der Waals surface area contributed by atoms with E-state index in [1.807, 2.05) is 48.3 Å². The number of nitrogens with zero attached hydrogens (tertiary/aromatic N) is 3. The lowest BCUT2D eigenvalue weighted by atomic mass is 10.1. The van der Waals surface area contributed by atoms with E-state index in [1.54, 1.807) is 6.92 Å². The second-order valence-electron chi connectivity index (χ2n) is 4.65. The lowest BCUT2D eigenvalue weighted by Crippen LogP contribution is -1.98. The Bertz CT molecular complexity index is 573. The summed E-state index contributed by atoms with van der Waals surface area (Å²) in [5.41, 5.74) is 2.83. The molecule has 2 rings (SSSR count). The topological polar surface area (TPSA) is 59.6 Å². The molecule has 0 radical (unpaired) electrons. The molecule has 5 heteroatoms. The molecule has 1 aromatic carbocycles. The molecule has 2 aromatic rings. The second-order valence-corrected chi connectivity index (χ2v) is 4.65. The third kappa shape index (κ3) is 3.85. The van der Waals surface area contributed by atoms with Crippen LogP contribution in [-0.2, 0) is 19.6 Å². The van der Waals surface area contributed by atoms with Crippen LogP contribution < -0.4 is 4.74 Å². The summed E-state index contributed by atoms with van der Waals surface area (Å²) in [7, 11) is 0. The standard InChI is InChI=1S/C15H19N3O2/c1-3-18-10-14(9-16-18)11-20-15-6-4-13(5-7-15)8-12(2)17-19/h4-7,9-10,19H,3,8,11H2,1-2H3/b17-12+. The fourth-order valence-electron chi connectivity index (χ4n) is 1.85. The van der Waals surface area contributed by atoms with Gasteiger partial charge in [-0.2, -0.15) is 5.10 Å². The zero-order valence-electron chi connectivity index (χ0n) is 11.8. The fraction of sp³-hybridized carbons (Fsp3) is 0.333. The van der Waals surface area contributed by atoms with Crippen molar-refractivity contribution in [3.8, 4) is 5.75 Å². The van der Waals surface area contributed by atoms with E-state index in [-0.39, 0.29) is 0 Å². The summed E-state index contributed by atoms with van der Waals surface area (Å²) in [5.74, 6) is 0.816. The van der Waals surface area contributed by atoms with Gasteiger partial charge in [0.1, 0.15) is 12.4 Å². The van der Waals surface area contributed by atoms with E-state index in [0.717, 1.165) is 23.4 Å². The molecule has 0 aliphatic rings. The lowest BCUT2D eigenvalue weighted by Gasteiger charge is -2.06. The molecular weight excluding hydrogens is 254 g/mol. The van der Waals surface area contributed by atoms with E-state index in [9.17, 15) is 0 Å². The monoisotopic (exact) mass is 273 g/mol. The quantitative estimate of drug-likeness (QED) is 0.500. The molecule has 106 valence electrons. The summed E-state index contributed by atoms with van der Waals surface area (Å²) in [4.78, 5) is 0. The van der Waals surface area contributed by atoms with E-state index in [4.69, 9.17) is 9.94 Å². The molecule has 1 N–H and O–H groups in total. The van der Waals surface area contributed by atoms with Crippen LogP contribution in [0, 0.1) is 0 Å². The average molecular weight is 273 g/mol. The van der Waals surface area contributed by atoms with E-state index in [1.165, 1.54) is 0 Å². The van der Waals surface area contributed by atoms with Crippen molar-refractivity contribution < 1.29 is 9.94 Å². The molecule has 0 aliphatic carbocycles. The number of hydrogen-bond donors (Lipinski definition) is 1. The Labute approximate surface area is 118 Å². The first-order chi connectivity index (χ1) is 9.71. The summed E-state index contributed by atoms with van der Waals surface area (Å²) in [6.45, 7) is 5.21. The van der Waals surface area contributed by atoms with Crippen molar-refractivity contribution in [2.45, 2.75) is 33.4 Å².